The van der Waals surface area contributed by atoms with Crippen molar-refractivity contribution in [3.63, 3.8) is 0 Å². The molecule has 1 fully saturated rings. The van der Waals surface area contributed by atoms with Crippen LogP contribution in [-0.2, 0) is 38.3 Å². The van der Waals surface area contributed by atoms with E-state index in [1.54, 1.807) is 36.4 Å². The second-order valence-corrected chi connectivity index (χ2v) is 10.9. The van der Waals surface area contributed by atoms with Gasteiger partial charge in [0.2, 0.25) is 5.91 Å². The third-order valence-corrected chi connectivity index (χ3v) is 7.93. The van der Waals surface area contributed by atoms with Gasteiger partial charge in [0.1, 0.15) is 24.1 Å². The number of carbonyl (C=O) groups excluding carboxylic acids is 2. The number of rotatable bonds is 8. The first-order chi connectivity index (χ1) is 20.4. The number of hydrogen-bond acceptors (Lipinski definition) is 7. The molecule has 0 radical (unpaired) electrons. The van der Waals surface area contributed by atoms with Gasteiger partial charge in [-0.2, -0.15) is 0 Å². The lowest BCUT2D eigenvalue weighted by molar-refractivity contribution is -0.172. The van der Waals surface area contributed by atoms with Gasteiger partial charge in [0.15, 0.2) is 5.79 Å². The first kappa shape index (κ1) is 27.9. The van der Waals surface area contributed by atoms with Crippen LogP contribution in [0.1, 0.15) is 39.0 Å². The Bertz CT molecular complexity index is 1520. The zero-order chi connectivity index (χ0) is 29.1. The average molecular weight is 568 g/mol. The van der Waals surface area contributed by atoms with E-state index in [-0.39, 0.29) is 31.2 Å². The van der Waals surface area contributed by atoms with Crippen LogP contribution in [0.25, 0.3) is 6.08 Å². The summed E-state index contributed by atoms with van der Waals surface area (Å²) in [4.78, 5) is 26.3. The summed E-state index contributed by atoms with van der Waals surface area (Å²) >= 11 is 0. The highest BCUT2D eigenvalue weighted by atomic mass is 16.8. The Morgan fingerprint density at radius 3 is 2.52 bits per heavy atom. The molecule has 3 aliphatic rings. The minimum absolute atomic E-state index is 0.121. The van der Waals surface area contributed by atoms with Gasteiger partial charge in [0.05, 0.1) is 12.2 Å². The van der Waals surface area contributed by atoms with Crippen LogP contribution in [0.3, 0.4) is 0 Å². The third kappa shape index (κ3) is 5.87. The highest BCUT2D eigenvalue weighted by Gasteiger charge is 2.55. The standard InChI is InChI=1S/C34H33NO7/c36-16-15-35-32(38)27-18-29(31-30(19-27)41-34(42-31)20-25-10-1-2-11-26(25)21-34)40-33(39)24-13-6-8-22(17-24)7-5-12-23-9-3-4-14-28(23)37/h1-11,13-14,17,19,29-31,36-37H,12,15-16,18,20-21H2,(H,35,38). The first-order valence-corrected chi connectivity index (χ1v) is 14.2. The molecule has 3 aromatic rings. The van der Waals surface area contributed by atoms with Crippen LogP contribution in [0.15, 0.2) is 90.5 Å². The van der Waals surface area contributed by atoms with Crippen LogP contribution in [0.2, 0.25) is 0 Å². The first-order valence-electron chi connectivity index (χ1n) is 14.2. The summed E-state index contributed by atoms with van der Waals surface area (Å²) < 4.78 is 19.0. The molecule has 3 unspecified atom stereocenters. The van der Waals surface area contributed by atoms with Gasteiger partial charge >= 0.3 is 5.97 Å². The SMILES string of the molecule is O=C(NCCO)C1=CC2OC3(Cc4ccccc4C3)OC2C(OC(=O)c2cccc(C=CCc3ccccc3O)c2)C1. The largest absolute Gasteiger partial charge is 0.508 e. The van der Waals surface area contributed by atoms with Crippen molar-refractivity contribution in [3.8, 4) is 5.75 Å². The van der Waals surface area contributed by atoms with Crippen molar-refractivity contribution in [1.29, 1.82) is 0 Å². The molecule has 3 atom stereocenters. The number of hydrogen-bond donors (Lipinski definition) is 3. The van der Waals surface area contributed by atoms with E-state index in [1.165, 1.54) is 0 Å². The molecule has 1 heterocycles. The summed E-state index contributed by atoms with van der Waals surface area (Å²) in [6, 6.07) is 22.4. The van der Waals surface area contributed by atoms with Gasteiger partial charge in [-0.25, -0.2) is 4.79 Å². The number of phenolic OH excluding ortho intramolecular Hbond substituents is 1. The molecule has 1 spiro atoms. The van der Waals surface area contributed by atoms with Crippen molar-refractivity contribution in [2.45, 2.75) is 49.8 Å². The predicted molar refractivity (Wildman–Crippen MR) is 156 cm³/mol. The number of allylic oxidation sites excluding steroid dienone is 1. The smallest absolute Gasteiger partial charge is 0.338 e. The normalized spacial score (nSPS) is 22.0. The molecule has 0 aromatic heterocycles. The van der Waals surface area contributed by atoms with Crippen LogP contribution in [-0.4, -0.2) is 59.3 Å². The van der Waals surface area contributed by atoms with Crippen LogP contribution >= 0.6 is 0 Å². The van der Waals surface area contributed by atoms with Gasteiger partial charge in [0.25, 0.3) is 0 Å². The number of ether oxygens (including phenoxy) is 3. The number of esters is 1. The lowest BCUT2D eigenvalue weighted by Crippen LogP contribution is -2.44. The highest BCUT2D eigenvalue weighted by molar-refractivity contribution is 5.94. The summed E-state index contributed by atoms with van der Waals surface area (Å²) in [7, 11) is 0. The Labute approximate surface area is 244 Å². The maximum Gasteiger partial charge on any atom is 0.338 e. The van der Waals surface area contributed by atoms with Crippen molar-refractivity contribution >= 4 is 18.0 Å². The molecule has 8 nitrogen and oxygen atoms in total. The fourth-order valence-corrected chi connectivity index (χ4v) is 5.93. The molecule has 3 N–H and O–H groups in total. The third-order valence-electron chi connectivity index (χ3n) is 7.93. The zero-order valence-corrected chi connectivity index (χ0v) is 23.1. The Morgan fingerprint density at radius 1 is 1.00 bits per heavy atom. The number of benzene rings is 3. The summed E-state index contributed by atoms with van der Waals surface area (Å²) in [5.41, 5.74) is 4.74. The minimum Gasteiger partial charge on any atom is -0.508 e. The Hall–Kier alpha value is -4.24. The molecule has 0 saturated carbocycles. The maximum atomic E-state index is 13.4. The second-order valence-electron chi connectivity index (χ2n) is 10.9. The molecule has 6 rings (SSSR count). The van der Waals surface area contributed by atoms with E-state index in [1.807, 2.05) is 42.5 Å². The summed E-state index contributed by atoms with van der Waals surface area (Å²) in [6.45, 7) is -0.0582. The van der Waals surface area contributed by atoms with E-state index in [0.717, 1.165) is 22.3 Å². The van der Waals surface area contributed by atoms with Gasteiger partial charge in [-0.3, -0.25) is 4.79 Å². The van der Waals surface area contributed by atoms with Crippen LogP contribution < -0.4 is 5.32 Å². The monoisotopic (exact) mass is 567 g/mol. The predicted octanol–water partition coefficient (Wildman–Crippen LogP) is 3.89. The average Bonchev–Trinajstić information content (AvgIpc) is 3.55. The van der Waals surface area contributed by atoms with E-state index < -0.39 is 30.1 Å². The topological polar surface area (TPSA) is 114 Å². The van der Waals surface area contributed by atoms with E-state index in [9.17, 15) is 14.7 Å². The van der Waals surface area contributed by atoms with Gasteiger partial charge < -0.3 is 29.7 Å². The summed E-state index contributed by atoms with van der Waals surface area (Å²) in [5.74, 6) is -1.50. The number of aromatic hydroxyl groups is 1. The number of aliphatic hydroxyl groups excluding tert-OH is 1. The minimum atomic E-state index is -0.880. The van der Waals surface area contributed by atoms with E-state index in [2.05, 4.69) is 17.4 Å². The van der Waals surface area contributed by atoms with Crippen molar-refractivity contribution in [3.05, 3.63) is 118 Å². The van der Waals surface area contributed by atoms with Crippen LogP contribution in [0.4, 0.5) is 0 Å². The van der Waals surface area contributed by atoms with Gasteiger partial charge in [-0.15, -0.1) is 0 Å². The Balaban J connectivity index is 1.19. The van der Waals surface area contributed by atoms with Crippen molar-refractivity contribution in [2.75, 3.05) is 13.2 Å². The molecular weight excluding hydrogens is 534 g/mol. The van der Waals surface area contributed by atoms with E-state index in [0.29, 0.717) is 30.4 Å². The molecular formula is C34H33NO7. The van der Waals surface area contributed by atoms with Gasteiger partial charge in [-0.05, 0) is 52.9 Å². The quantitative estimate of drug-likeness (QED) is 0.354. The molecule has 1 saturated heterocycles. The van der Waals surface area contributed by atoms with E-state index >= 15 is 0 Å². The molecule has 2 aliphatic carbocycles. The molecule has 8 heteroatoms. The number of aliphatic hydroxyl groups is 1. The maximum absolute atomic E-state index is 13.4. The number of nitrogens with one attached hydrogen (secondary N) is 1. The van der Waals surface area contributed by atoms with Crippen LogP contribution in [0, 0.1) is 0 Å². The lowest BCUT2D eigenvalue weighted by atomic mass is 9.91. The van der Waals surface area contributed by atoms with E-state index in [4.69, 9.17) is 19.3 Å². The number of amides is 1. The Morgan fingerprint density at radius 2 is 1.76 bits per heavy atom. The fraction of sp³-hybridized carbons (Fsp3) is 0.294. The lowest BCUT2D eigenvalue weighted by Gasteiger charge is -2.30. The molecule has 42 heavy (non-hydrogen) atoms. The second kappa shape index (κ2) is 11.9. The number of fused-ring (bicyclic) bond motifs is 2. The van der Waals surface area contributed by atoms with Crippen molar-refractivity contribution < 1.29 is 34.0 Å². The summed E-state index contributed by atoms with van der Waals surface area (Å²) in [6.07, 6.45) is 5.55. The molecule has 1 amide bonds. The van der Waals surface area contributed by atoms with Gasteiger partial charge in [-0.1, -0.05) is 66.7 Å². The fourth-order valence-electron chi connectivity index (χ4n) is 5.93. The molecule has 216 valence electrons. The molecule has 3 aromatic carbocycles. The number of para-hydroxylation sites is 1. The molecule has 1 aliphatic heterocycles. The number of phenols is 1. The Kier molecular flexibility index (Phi) is 7.93. The van der Waals surface area contributed by atoms with Gasteiger partial charge in [0, 0.05) is 31.4 Å². The summed E-state index contributed by atoms with van der Waals surface area (Å²) in [5, 5.41) is 21.9. The zero-order valence-electron chi connectivity index (χ0n) is 23.1. The molecule has 0 bridgehead atoms. The van der Waals surface area contributed by atoms with Crippen molar-refractivity contribution in [2.24, 2.45) is 0 Å². The number of carbonyl (C=O) groups is 2. The van der Waals surface area contributed by atoms with Crippen molar-refractivity contribution in [1.82, 2.24) is 5.32 Å². The highest BCUT2D eigenvalue weighted by Crippen LogP contribution is 2.45. The van der Waals surface area contributed by atoms with Crippen LogP contribution in [0.5, 0.6) is 5.75 Å².